The highest BCUT2D eigenvalue weighted by atomic mass is 19.2. The van der Waals surface area contributed by atoms with Gasteiger partial charge in [0.25, 0.3) is 0 Å². The summed E-state index contributed by atoms with van der Waals surface area (Å²) >= 11 is 0. The Balaban J connectivity index is 0.000000396. The molecule has 0 aliphatic heterocycles. The van der Waals surface area contributed by atoms with Crippen LogP contribution in [-0.2, 0) is 33.6 Å². The maximum Gasteiger partial charge on any atom is 0.310 e. The van der Waals surface area contributed by atoms with Gasteiger partial charge in [-0.2, -0.15) is 0 Å². The number of aryl methyl sites for hydroxylation is 1. The summed E-state index contributed by atoms with van der Waals surface area (Å²) < 4.78 is 108. The minimum Gasteiger partial charge on any atom is -0.469 e. The number of carbonyl (C=O) groups excluding carboxylic acids is 2. The number of ether oxygens (including phenoxy) is 1. The number of Topliss-reactive ketones (excluding diaryl/α,β-unsaturated/α-hetero) is 1. The van der Waals surface area contributed by atoms with Crippen molar-refractivity contribution in [1.29, 1.82) is 0 Å². The zero-order valence-electron chi connectivity index (χ0n) is 19.2. The van der Waals surface area contributed by atoms with Crippen LogP contribution >= 0.6 is 0 Å². The van der Waals surface area contributed by atoms with E-state index in [1.807, 2.05) is 0 Å². The van der Waals surface area contributed by atoms with Crippen LogP contribution in [0.1, 0.15) is 22.3 Å². The average Bonchev–Trinajstić information content (AvgIpc) is 2.79. The third kappa shape index (κ3) is 8.65. The second-order valence-corrected chi connectivity index (χ2v) is 7.55. The van der Waals surface area contributed by atoms with Crippen molar-refractivity contribution >= 4 is 11.8 Å². The largest absolute Gasteiger partial charge is 0.469 e. The number of esters is 1. The predicted octanol–water partition coefficient (Wildman–Crippen LogP) is 6.02. The first kappa shape index (κ1) is 31.2. The molecule has 0 aromatic heterocycles. The van der Waals surface area contributed by atoms with Gasteiger partial charge in [0, 0.05) is 36.6 Å². The van der Waals surface area contributed by atoms with Crippen LogP contribution in [0.15, 0.2) is 36.4 Å². The van der Waals surface area contributed by atoms with E-state index in [4.69, 9.17) is 0 Å². The van der Waals surface area contributed by atoms with Crippen LogP contribution in [-0.4, -0.2) is 18.9 Å². The molecule has 37 heavy (non-hydrogen) atoms. The van der Waals surface area contributed by atoms with Crippen molar-refractivity contribution in [1.82, 2.24) is 0 Å². The number of hydrogen-bond donors (Lipinski definition) is 0. The summed E-state index contributed by atoms with van der Waals surface area (Å²) in [5, 5.41) is 0. The van der Waals surface area contributed by atoms with E-state index in [9.17, 15) is 44.7 Å². The maximum atomic E-state index is 13.6. The molecule has 0 aliphatic rings. The minimum atomic E-state index is -1.35. The molecule has 3 nitrogen and oxygen atoms in total. The Kier molecular flexibility index (Phi) is 11.4. The van der Waals surface area contributed by atoms with Crippen molar-refractivity contribution in [3.05, 3.63) is 105 Å². The second kappa shape index (κ2) is 13.5. The fourth-order valence-electron chi connectivity index (χ4n) is 2.97. The number of hydrogen-bond acceptors (Lipinski definition) is 3. The van der Waals surface area contributed by atoms with Crippen LogP contribution in [0, 0.1) is 53.5 Å². The van der Waals surface area contributed by atoms with E-state index in [0.29, 0.717) is 30.3 Å². The molecule has 0 amide bonds. The fourth-order valence-corrected chi connectivity index (χ4v) is 2.97. The number of rotatable bonds is 6. The van der Waals surface area contributed by atoms with Crippen LogP contribution in [0.25, 0.3) is 0 Å². The Hall–Kier alpha value is -3.83. The molecule has 0 saturated carbocycles. The van der Waals surface area contributed by atoms with E-state index in [0.717, 1.165) is 7.11 Å². The highest BCUT2D eigenvalue weighted by Gasteiger charge is 2.16. The van der Waals surface area contributed by atoms with Crippen molar-refractivity contribution in [3.63, 3.8) is 0 Å². The molecule has 200 valence electrons. The van der Waals surface area contributed by atoms with Crippen LogP contribution < -0.4 is 0 Å². The molecule has 12 heteroatoms. The Morgan fingerprint density at radius 1 is 0.568 bits per heavy atom. The minimum absolute atomic E-state index is 0. The van der Waals surface area contributed by atoms with Crippen LogP contribution in [0.4, 0.5) is 39.8 Å². The Morgan fingerprint density at radius 3 is 1.35 bits per heavy atom. The molecule has 3 rings (SSSR count). The third-order valence-corrected chi connectivity index (χ3v) is 4.84. The zero-order chi connectivity index (χ0) is 27.2. The van der Waals surface area contributed by atoms with Crippen LogP contribution in [0.2, 0.25) is 0 Å². The van der Waals surface area contributed by atoms with E-state index in [-0.39, 0.29) is 27.0 Å². The van der Waals surface area contributed by atoms with Crippen molar-refractivity contribution < 1.29 is 54.2 Å². The molecular weight excluding hydrogens is 519 g/mol. The lowest BCUT2D eigenvalue weighted by atomic mass is 10.0. The van der Waals surface area contributed by atoms with E-state index in [1.165, 1.54) is 13.0 Å². The summed E-state index contributed by atoms with van der Waals surface area (Å²) in [5.41, 5.74) is -0.408. The van der Waals surface area contributed by atoms with Crippen molar-refractivity contribution in [2.45, 2.75) is 26.2 Å². The number of benzene rings is 3. The first-order valence-corrected chi connectivity index (χ1v) is 10.1. The number of halogens is 9. The topological polar surface area (TPSA) is 43.4 Å². The van der Waals surface area contributed by atoms with Gasteiger partial charge in [0.2, 0.25) is 0 Å². The average molecular weight is 538 g/mol. The van der Waals surface area contributed by atoms with E-state index < -0.39 is 77.6 Å². The van der Waals surface area contributed by atoms with Crippen LogP contribution in [0.3, 0.4) is 0 Å². The summed E-state index contributed by atoms with van der Waals surface area (Å²) in [4.78, 5) is 22.6. The molecule has 0 radical (unpaired) electrons. The first-order chi connectivity index (χ1) is 16.8. The molecule has 0 heterocycles. The third-order valence-electron chi connectivity index (χ3n) is 4.84. The molecule has 0 spiro atoms. The predicted molar refractivity (Wildman–Crippen MR) is 114 cm³/mol. The highest BCUT2D eigenvalue weighted by molar-refractivity contribution is 5.83. The number of methoxy groups -OCH3 is 1. The highest BCUT2D eigenvalue weighted by Crippen LogP contribution is 2.18. The lowest BCUT2D eigenvalue weighted by molar-refractivity contribution is -0.139. The molecule has 0 aliphatic carbocycles. The molecule has 0 bridgehead atoms. The van der Waals surface area contributed by atoms with Gasteiger partial charge >= 0.3 is 5.97 Å². The van der Waals surface area contributed by atoms with E-state index in [2.05, 4.69) is 4.74 Å². The molecule has 3 aromatic carbocycles. The van der Waals surface area contributed by atoms with Gasteiger partial charge in [-0.3, -0.25) is 14.3 Å². The molecule has 0 atom stereocenters. The second-order valence-electron chi connectivity index (χ2n) is 7.55. The van der Waals surface area contributed by atoms with Crippen molar-refractivity contribution in [2.24, 2.45) is 0 Å². The Morgan fingerprint density at radius 2 is 0.919 bits per heavy atom. The SMILES string of the molecule is COC(=O)Cc1cc(F)c(F)cc1F.Cc1cc(CC(=O)Cc2cc(F)c(F)cc2F)c(F)cc1F.F. The molecule has 0 saturated heterocycles. The smallest absolute Gasteiger partial charge is 0.310 e. The molecule has 0 N–H and O–H groups in total. The lowest BCUT2D eigenvalue weighted by Gasteiger charge is -2.07. The normalized spacial score (nSPS) is 10.2. The monoisotopic (exact) mass is 538 g/mol. The summed E-state index contributed by atoms with van der Waals surface area (Å²) in [7, 11) is 1.13. The molecular formula is C25H19F9O3. The van der Waals surface area contributed by atoms with Crippen LogP contribution in [0.5, 0.6) is 0 Å². The van der Waals surface area contributed by atoms with Gasteiger partial charge in [-0.25, -0.2) is 35.1 Å². The first-order valence-electron chi connectivity index (χ1n) is 10.1. The Bertz CT molecular complexity index is 1230. The van der Waals surface area contributed by atoms with E-state index in [1.54, 1.807) is 0 Å². The van der Waals surface area contributed by atoms with Gasteiger partial charge in [0.15, 0.2) is 23.3 Å². The fraction of sp³-hybridized carbons (Fsp3) is 0.200. The Labute approximate surface area is 205 Å². The van der Waals surface area contributed by atoms with Gasteiger partial charge in [-0.15, -0.1) is 0 Å². The summed E-state index contributed by atoms with van der Waals surface area (Å²) in [6, 6.07) is 3.82. The molecule has 0 unspecified atom stereocenters. The summed E-state index contributed by atoms with van der Waals surface area (Å²) in [6.45, 7) is 1.41. The number of carbonyl (C=O) groups is 2. The maximum absolute atomic E-state index is 13.6. The zero-order valence-corrected chi connectivity index (χ0v) is 19.2. The van der Waals surface area contributed by atoms with Crippen molar-refractivity contribution in [2.75, 3.05) is 7.11 Å². The summed E-state index contributed by atoms with van der Waals surface area (Å²) in [5.74, 6) is -10.0. The number of ketones is 1. The lowest BCUT2D eigenvalue weighted by Crippen LogP contribution is -2.10. The summed E-state index contributed by atoms with van der Waals surface area (Å²) in [6.07, 6.45) is -1.33. The van der Waals surface area contributed by atoms with Crippen molar-refractivity contribution in [3.8, 4) is 0 Å². The van der Waals surface area contributed by atoms with Gasteiger partial charge < -0.3 is 4.74 Å². The standard InChI is InChI=1S/C16H11F5O.C9H7F3O2.FH/c1-8-2-9(13(18)6-12(8)17)3-11(22)4-10-5-15(20)16(21)7-14(10)19;1-14-9(13)3-5-2-7(11)8(12)4-6(5)10;/h2,5-7H,3-4H2,1H3;2,4H,3H2,1H3;1H. The van der Waals surface area contributed by atoms with Gasteiger partial charge in [-0.1, -0.05) is 0 Å². The van der Waals surface area contributed by atoms with Gasteiger partial charge in [-0.05, 0) is 41.8 Å². The van der Waals surface area contributed by atoms with E-state index >= 15 is 0 Å². The molecule has 0 fully saturated rings. The van der Waals surface area contributed by atoms with Gasteiger partial charge in [0.1, 0.15) is 29.1 Å². The van der Waals surface area contributed by atoms with Gasteiger partial charge in [0.05, 0.1) is 13.5 Å². The quantitative estimate of drug-likeness (QED) is 0.219. The molecule has 3 aromatic rings.